The summed E-state index contributed by atoms with van der Waals surface area (Å²) in [5.74, 6) is -0.306. The van der Waals surface area contributed by atoms with E-state index in [0.717, 1.165) is 15.4 Å². The smallest absolute Gasteiger partial charge is 0.208 e. The first kappa shape index (κ1) is 12.3. The number of likely N-dealkylation sites (N-methyl/N-ethyl adjacent to an activating group) is 1. The van der Waals surface area contributed by atoms with Gasteiger partial charge >= 0.3 is 0 Å². The van der Waals surface area contributed by atoms with Crippen molar-refractivity contribution >= 4 is 32.6 Å². The van der Waals surface area contributed by atoms with Crippen LogP contribution in [0.2, 0.25) is 0 Å². The van der Waals surface area contributed by atoms with Gasteiger partial charge in [-0.15, -0.1) is 0 Å². The minimum absolute atomic E-state index is 0.306. The highest BCUT2D eigenvalue weighted by Gasteiger charge is 2.21. The molecule has 1 unspecified atom stereocenters. The number of aliphatic hydroxyl groups excluding tert-OH is 1. The molecule has 0 radical (unpaired) electrons. The number of Topliss-reactive ketones (excluding diaryl/α,β-unsaturated/α-hetero) is 1. The molecule has 2 rings (SSSR count). The first-order valence-electron chi connectivity index (χ1n) is 5.16. The Bertz CT molecular complexity index is 563. The summed E-state index contributed by atoms with van der Waals surface area (Å²) < 4.78 is 0.901. The maximum absolute atomic E-state index is 12.0. The fourth-order valence-corrected chi connectivity index (χ4v) is 2.03. The second kappa shape index (κ2) is 4.60. The first-order valence-corrected chi connectivity index (χ1v) is 5.95. The van der Waals surface area contributed by atoms with Crippen molar-refractivity contribution in [3.63, 3.8) is 0 Å². The van der Waals surface area contributed by atoms with Gasteiger partial charge in [-0.25, -0.2) is 0 Å². The van der Waals surface area contributed by atoms with Crippen LogP contribution in [0.25, 0.3) is 10.9 Å². The molecule has 1 aromatic heterocycles. The molecule has 0 saturated carbocycles. The van der Waals surface area contributed by atoms with Gasteiger partial charge in [-0.3, -0.25) is 9.69 Å². The minimum Gasteiger partial charge on any atom is -0.371 e. The summed E-state index contributed by atoms with van der Waals surface area (Å²) in [5, 5.41) is 10.6. The van der Waals surface area contributed by atoms with Crippen molar-refractivity contribution in [3.8, 4) is 0 Å². The number of hydrogen-bond donors (Lipinski definition) is 2. The number of aromatic nitrogens is 1. The number of carbonyl (C=O) groups excluding carboxylic acids is 1. The molecule has 0 aliphatic rings. The van der Waals surface area contributed by atoms with E-state index >= 15 is 0 Å². The van der Waals surface area contributed by atoms with Crippen molar-refractivity contribution in [1.29, 1.82) is 0 Å². The van der Waals surface area contributed by atoms with Gasteiger partial charge in [-0.1, -0.05) is 15.9 Å². The molecule has 2 aromatic rings. The van der Waals surface area contributed by atoms with Crippen LogP contribution in [-0.2, 0) is 0 Å². The topological polar surface area (TPSA) is 56.3 Å². The molecule has 1 aromatic carbocycles. The van der Waals surface area contributed by atoms with Gasteiger partial charge in [0.05, 0.1) is 0 Å². The molecule has 0 amide bonds. The second-order valence-electron chi connectivity index (χ2n) is 4.09. The Balaban J connectivity index is 2.49. The van der Waals surface area contributed by atoms with Crippen molar-refractivity contribution in [3.05, 3.63) is 34.4 Å². The largest absolute Gasteiger partial charge is 0.371 e. The van der Waals surface area contributed by atoms with Gasteiger partial charge in [0.25, 0.3) is 0 Å². The number of H-pyrrole nitrogens is 1. The Morgan fingerprint density at radius 1 is 1.47 bits per heavy atom. The van der Waals surface area contributed by atoms with E-state index in [1.165, 1.54) is 4.90 Å². The molecule has 0 aliphatic carbocycles. The maximum atomic E-state index is 12.0. The molecule has 0 aliphatic heterocycles. The van der Waals surface area contributed by atoms with Crippen molar-refractivity contribution in [2.45, 2.75) is 6.23 Å². The molecular weight excluding hydrogens is 284 g/mol. The van der Waals surface area contributed by atoms with E-state index in [0.29, 0.717) is 5.56 Å². The van der Waals surface area contributed by atoms with Crippen LogP contribution in [0.3, 0.4) is 0 Å². The summed E-state index contributed by atoms with van der Waals surface area (Å²) in [6.07, 6.45) is 0.514. The molecule has 1 atom stereocenters. The van der Waals surface area contributed by atoms with Crippen molar-refractivity contribution < 1.29 is 9.90 Å². The lowest BCUT2D eigenvalue weighted by molar-refractivity contribution is 0.0332. The number of nitrogens with one attached hydrogen (secondary N) is 1. The highest BCUT2D eigenvalue weighted by Crippen LogP contribution is 2.23. The van der Waals surface area contributed by atoms with Crippen LogP contribution in [0, 0.1) is 0 Å². The third kappa shape index (κ3) is 2.26. The van der Waals surface area contributed by atoms with Gasteiger partial charge in [0.15, 0.2) is 6.23 Å². The third-order valence-electron chi connectivity index (χ3n) is 2.63. The molecule has 0 saturated heterocycles. The molecule has 17 heavy (non-hydrogen) atoms. The number of fused-ring (bicyclic) bond motifs is 1. The lowest BCUT2D eigenvalue weighted by Gasteiger charge is -2.16. The minimum atomic E-state index is -1.12. The van der Waals surface area contributed by atoms with Gasteiger partial charge in [0.1, 0.15) is 0 Å². The number of hydrogen-bond acceptors (Lipinski definition) is 3. The summed E-state index contributed by atoms with van der Waals surface area (Å²) >= 11 is 3.37. The average Bonchev–Trinajstić information content (AvgIpc) is 2.69. The van der Waals surface area contributed by atoms with Crippen molar-refractivity contribution in [2.75, 3.05) is 14.1 Å². The lowest BCUT2D eigenvalue weighted by Crippen LogP contribution is -2.35. The number of nitrogens with zero attached hydrogens (tertiary/aromatic N) is 1. The SMILES string of the molecule is CN(C)C(O)C(=O)c1c[nH]c2ccc(Br)cc12. The van der Waals surface area contributed by atoms with E-state index in [1.807, 2.05) is 18.2 Å². The Morgan fingerprint density at radius 2 is 2.18 bits per heavy atom. The highest BCUT2D eigenvalue weighted by atomic mass is 79.9. The molecule has 0 spiro atoms. The number of carbonyl (C=O) groups is 1. The zero-order valence-corrected chi connectivity index (χ0v) is 11.2. The number of rotatable bonds is 3. The van der Waals surface area contributed by atoms with Crippen LogP contribution in [0.4, 0.5) is 0 Å². The quantitative estimate of drug-likeness (QED) is 0.673. The van der Waals surface area contributed by atoms with Crippen LogP contribution in [-0.4, -0.2) is 41.1 Å². The normalized spacial score (nSPS) is 13.2. The van der Waals surface area contributed by atoms with Crippen LogP contribution < -0.4 is 0 Å². The summed E-state index contributed by atoms with van der Waals surface area (Å²) in [4.78, 5) is 16.5. The summed E-state index contributed by atoms with van der Waals surface area (Å²) in [7, 11) is 3.32. The Morgan fingerprint density at radius 3 is 2.82 bits per heavy atom. The molecule has 4 nitrogen and oxygen atoms in total. The third-order valence-corrected chi connectivity index (χ3v) is 3.13. The number of benzene rings is 1. The number of aromatic amines is 1. The number of ketones is 1. The molecule has 90 valence electrons. The molecule has 0 bridgehead atoms. The molecule has 5 heteroatoms. The van der Waals surface area contributed by atoms with E-state index < -0.39 is 6.23 Å². The molecule has 2 N–H and O–H groups in total. The monoisotopic (exact) mass is 296 g/mol. The number of aliphatic hydroxyl groups is 1. The zero-order valence-electron chi connectivity index (χ0n) is 9.57. The van der Waals surface area contributed by atoms with Gasteiger partial charge in [-0.2, -0.15) is 0 Å². The molecule has 1 heterocycles. The fourth-order valence-electron chi connectivity index (χ4n) is 1.67. The fraction of sp³-hybridized carbons (Fsp3) is 0.250. The van der Waals surface area contributed by atoms with E-state index in [2.05, 4.69) is 20.9 Å². The maximum Gasteiger partial charge on any atom is 0.208 e. The highest BCUT2D eigenvalue weighted by molar-refractivity contribution is 9.10. The van der Waals surface area contributed by atoms with Crippen LogP contribution in [0.5, 0.6) is 0 Å². The van der Waals surface area contributed by atoms with Crippen molar-refractivity contribution in [2.24, 2.45) is 0 Å². The second-order valence-corrected chi connectivity index (χ2v) is 5.01. The van der Waals surface area contributed by atoms with Gasteiger partial charge in [-0.05, 0) is 32.3 Å². The predicted octanol–water partition coefficient (Wildman–Crippen LogP) is 1.99. The van der Waals surface area contributed by atoms with E-state index in [1.54, 1.807) is 20.3 Å². The Kier molecular flexibility index (Phi) is 3.33. The van der Waals surface area contributed by atoms with Crippen LogP contribution in [0.1, 0.15) is 10.4 Å². The van der Waals surface area contributed by atoms with E-state index in [4.69, 9.17) is 0 Å². The zero-order chi connectivity index (χ0) is 12.6. The van der Waals surface area contributed by atoms with E-state index in [9.17, 15) is 9.90 Å². The summed E-state index contributed by atoms with van der Waals surface area (Å²) in [6.45, 7) is 0. The summed E-state index contributed by atoms with van der Waals surface area (Å²) in [5.41, 5.74) is 1.38. The summed E-state index contributed by atoms with van der Waals surface area (Å²) in [6, 6.07) is 5.65. The predicted molar refractivity (Wildman–Crippen MR) is 70.0 cm³/mol. The molecule has 0 fully saturated rings. The van der Waals surface area contributed by atoms with Crippen LogP contribution in [0.15, 0.2) is 28.9 Å². The molecular formula is C12H13BrN2O2. The number of halogens is 1. The average molecular weight is 297 g/mol. The van der Waals surface area contributed by atoms with Crippen molar-refractivity contribution in [1.82, 2.24) is 9.88 Å². The van der Waals surface area contributed by atoms with Crippen LogP contribution >= 0.6 is 15.9 Å². The first-order chi connectivity index (χ1) is 8.00. The standard InChI is InChI=1S/C12H13BrN2O2/c1-15(2)12(17)11(16)9-6-14-10-4-3-7(13)5-8(9)10/h3-6,12,14,17H,1-2H3. The van der Waals surface area contributed by atoms with Gasteiger partial charge in [0, 0.05) is 27.1 Å². The Hall–Kier alpha value is -1.17. The van der Waals surface area contributed by atoms with Gasteiger partial charge < -0.3 is 10.1 Å². The Labute approximate surface area is 107 Å². The van der Waals surface area contributed by atoms with Gasteiger partial charge in [0.2, 0.25) is 5.78 Å². The lowest BCUT2D eigenvalue weighted by atomic mass is 10.1. The van der Waals surface area contributed by atoms with E-state index in [-0.39, 0.29) is 5.78 Å².